The van der Waals surface area contributed by atoms with E-state index in [1.54, 1.807) is 12.2 Å². The Kier molecular flexibility index (Phi) is 8.26. The first-order valence-electron chi connectivity index (χ1n) is 8.47. The molecular weight excluding hydrogens is 335 g/mol. The molecule has 0 aromatic heterocycles. The lowest BCUT2D eigenvalue weighted by molar-refractivity contribution is -0.112. The van der Waals surface area contributed by atoms with Crippen molar-refractivity contribution in [3.8, 4) is 0 Å². The largest absolute Gasteiger partial charge is 0.295 e. The Morgan fingerprint density at radius 1 is 0.731 bits per heavy atom. The average molecular weight is 358 g/mol. The van der Waals surface area contributed by atoms with Crippen LogP contribution in [-0.4, -0.2) is 5.78 Å². The number of carbonyl (C=O) groups is 1. The second-order valence-electron chi connectivity index (χ2n) is 5.55. The summed E-state index contributed by atoms with van der Waals surface area (Å²) in [6.45, 7) is 4.89. The smallest absolute Gasteiger partial charge is 0.152 e. The zero-order valence-corrected chi connectivity index (χ0v) is 15.8. The molecule has 0 bridgehead atoms. The van der Waals surface area contributed by atoms with E-state index in [9.17, 15) is 4.79 Å². The van der Waals surface area contributed by atoms with Gasteiger partial charge in [-0.25, -0.2) is 0 Å². The fourth-order valence-corrected chi connectivity index (χ4v) is 4.69. The van der Waals surface area contributed by atoms with Crippen molar-refractivity contribution in [1.82, 2.24) is 0 Å². The fraction of sp³-hybridized carbons (Fsp3) is 0.0417. The molecule has 2 heteroatoms. The summed E-state index contributed by atoms with van der Waals surface area (Å²) in [7, 11) is -0.446. The Bertz CT molecular complexity index is 730. The van der Waals surface area contributed by atoms with Gasteiger partial charge >= 0.3 is 0 Å². The lowest BCUT2D eigenvalue weighted by Gasteiger charge is -2.18. The van der Waals surface area contributed by atoms with Crippen molar-refractivity contribution in [2.24, 2.45) is 0 Å². The van der Waals surface area contributed by atoms with E-state index in [-0.39, 0.29) is 5.78 Å². The van der Waals surface area contributed by atoms with E-state index in [1.807, 2.05) is 0 Å². The number of hydrogen-bond acceptors (Lipinski definition) is 1. The summed E-state index contributed by atoms with van der Waals surface area (Å²) in [5.74, 6) is 0.0555. The Morgan fingerprint density at radius 3 is 1.31 bits per heavy atom. The summed E-state index contributed by atoms with van der Waals surface area (Å²) in [6.07, 6.45) is 4.65. The molecule has 0 radical (unpaired) electrons. The molecule has 0 aliphatic carbocycles. The van der Waals surface area contributed by atoms with E-state index in [4.69, 9.17) is 0 Å². The number of allylic oxidation sites excluding steroid dienone is 3. The van der Waals surface area contributed by atoms with Gasteiger partial charge in [-0.15, -0.1) is 0 Å². The molecule has 0 aliphatic rings. The maximum absolute atomic E-state index is 10.1. The summed E-state index contributed by atoms with van der Waals surface area (Å²) in [6, 6.07) is 32.3. The first-order chi connectivity index (χ1) is 12.7. The van der Waals surface area contributed by atoms with Crippen molar-refractivity contribution >= 4 is 29.6 Å². The van der Waals surface area contributed by atoms with Gasteiger partial charge in [-0.2, -0.15) is 0 Å². The zero-order valence-electron chi connectivity index (χ0n) is 15.0. The van der Waals surface area contributed by atoms with Gasteiger partial charge in [-0.1, -0.05) is 110 Å². The maximum atomic E-state index is 10.1. The van der Waals surface area contributed by atoms with Crippen LogP contribution in [0.3, 0.4) is 0 Å². The first kappa shape index (κ1) is 19.6. The van der Waals surface area contributed by atoms with Gasteiger partial charge in [0.05, 0.1) is 0 Å². The van der Waals surface area contributed by atoms with E-state index in [2.05, 4.69) is 97.6 Å². The molecule has 0 aliphatic heterocycles. The third kappa shape index (κ3) is 6.27. The Labute approximate surface area is 157 Å². The molecule has 26 heavy (non-hydrogen) atoms. The van der Waals surface area contributed by atoms with E-state index < -0.39 is 7.92 Å². The van der Waals surface area contributed by atoms with Crippen LogP contribution < -0.4 is 15.9 Å². The molecule has 0 N–H and O–H groups in total. The van der Waals surface area contributed by atoms with Crippen molar-refractivity contribution in [2.75, 3.05) is 0 Å². The summed E-state index contributed by atoms with van der Waals surface area (Å²) in [5, 5.41) is 4.19. The third-order valence-electron chi connectivity index (χ3n) is 3.51. The van der Waals surface area contributed by atoms with Crippen LogP contribution in [0.5, 0.6) is 0 Å². The number of ketones is 1. The van der Waals surface area contributed by atoms with Gasteiger partial charge in [0.2, 0.25) is 0 Å². The lowest BCUT2D eigenvalue weighted by Crippen LogP contribution is -2.20. The first-order valence-corrected chi connectivity index (χ1v) is 9.81. The van der Waals surface area contributed by atoms with Gasteiger partial charge in [-0.05, 0) is 36.8 Å². The molecule has 3 aromatic rings. The molecule has 3 rings (SSSR count). The predicted molar refractivity (Wildman–Crippen MR) is 115 cm³/mol. The molecule has 0 saturated heterocycles. The summed E-state index contributed by atoms with van der Waals surface area (Å²) in [4.78, 5) is 10.1. The van der Waals surface area contributed by atoms with Crippen LogP contribution in [0.2, 0.25) is 0 Å². The van der Waals surface area contributed by atoms with Crippen molar-refractivity contribution in [2.45, 2.75) is 6.92 Å². The molecule has 0 atom stereocenters. The second kappa shape index (κ2) is 11.0. The molecular formula is C24H23OP. The average Bonchev–Trinajstić information content (AvgIpc) is 2.70. The number of carbonyl (C=O) groups excluding carboxylic acids is 1. The molecule has 130 valence electrons. The number of benzene rings is 3. The van der Waals surface area contributed by atoms with E-state index >= 15 is 0 Å². The second-order valence-corrected chi connectivity index (χ2v) is 7.77. The Hall–Kier alpha value is -2.76. The van der Waals surface area contributed by atoms with Gasteiger partial charge in [0, 0.05) is 0 Å². The highest BCUT2D eigenvalue weighted by molar-refractivity contribution is 7.79. The summed E-state index contributed by atoms with van der Waals surface area (Å²) >= 11 is 0. The van der Waals surface area contributed by atoms with Crippen LogP contribution in [0.25, 0.3) is 0 Å². The Morgan fingerprint density at radius 2 is 1.08 bits per heavy atom. The number of rotatable bonds is 5. The highest BCUT2D eigenvalue weighted by Gasteiger charge is 2.14. The molecule has 0 unspecified atom stereocenters. The van der Waals surface area contributed by atoms with Crippen LogP contribution >= 0.6 is 7.92 Å². The van der Waals surface area contributed by atoms with Crippen molar-refractivity contribution in [1.29, 1.82) is 0 Å². The van der Waals surface area contributed by atoms with E-state index in [0.717, 1.165) is 0 Å². The van der Waals surface area contributed by atoms with Crippen molar-refractivity contribution in [3.05, 3.63) is 116 Å². The van der Waals surface area contributed by atoms with E-state index in [1.165, 1.54) is 28.9 Å². The van der Waals surface area contributed by atoms with E-state index in [0.29, 0.717) is 0 Å². The topological polar surface area (TPSA) is 17.1 Å². The fourth-order valence-electron chi connectivity index (χ4n) is 2.38. The van der Waals surface area contributed by atoms with Gasteiger partial charge in [0.1, 0.15) is 0 Å². The van der Waals surface area contributed by atoms with Crippen LogP contribution in [0.4, 0.5) is 0 Å². The molecule has 0 amide bonds. The lowest BCUT2D eigenvalue weighted by atomic mass is 10.4. The molecule has 0 saturated carbocycles. The SMILES string of the molecule is C=CC=CC(C)=O.c1ccc(P(c2ccccc2)c2ccccc2)cc1. The molecule has 0 heterocycles. The van der Waals surface area contributed by atoms with Crippen LogP contribution in [0, 0.1) is 0 Å². The molecule has 1 nitrogen and oxygen atoms in total. The molecule has 0 fully saturated rings. The standard InChI is InChI=1S/C18H15P.C6H8O/c1-4-10-16(11-5-1)19(17-12-6-2-7-13-17)18-14-8-3-9-15-18;1-3-4-5-6(2)7/h1-15H;3-5H,1H2,2H3. The van der Waals surface area contributed by atoms with Gasteiger partial charge in [-0.3, -0.25) is 4.79 Å². The summed E-state index contributed by atoms with van der Waals surface area (Å²) in [5.41, 5.74) is 0. The minimum Gasteiger partial charge on any atom is -0.295 e. The van der Waals surface area contributed by atoms with Crippen LogP contribution in [0.1, 0.15) is 6.92 Å². The maximum Gasteiger partial charge on any atom is 0.152 e. The van der Waals surface area contributed by atoms with Gasteiger partial charge in [0.25, 0.3) is 0 Å². The minimum atomic E-state index is -0.446. The molecule has 3 aromatic carbocycles. The number of hydrogen-bond donors (Lipinski definition) is 0. The predicted octanol–water partition coefficient (Wildman–Crippen LogP) is 4.76. The van der Waals surface area contributed by atoms with Crippen LogP contribution in [0.15, 0.2) is 116 Å². The Balaban J connectivity index is 0.000000298. The quantitative estimate of drug-likeness (QED) is 0.365. The van der Waals surface area contributed by atoms with Gasteiger partial charge < -0.3 is 0 Å². The van der Waals surface area contributed by atoms with Crippen molar-refractivity contribution in [3.63, 3.8) is 0 Å². The highest BCUT2D eigenvalue weighted by Crippen LogP contribution is 2.32. The monoisotopic (exact) mass is 358 g/mol. The highest BCUT2D eigenvalue weighted by atomic mass is 31.1. The van der Waals surface area contributed by atoms with Crippen LogP contribution in [-0.2, 0) is 4.79 Å². The molecule has 0 spiro atoms. The third-order valence-corrected chi connectivity index (χ3v) is 5.95. The van der Waals surface area contributed by atoms with Gasteiger partial charge in [0.15, 0.2) is 5.78 Å². The zero-order chi connectivity index (χ0) is 18.6. The minimum absolute atomic E-state index is 0.0555. The normalized spacial score (nSPS) is 10.2. The van der Waals surface area contributed by atoms with Crippen molar-refractivity contribution < 1.29 is 4.79 Å². The summed E-state index contributed by atoms with van der Waals surface area (Å²) < 4.78 is 0.